The lowest BCUT2D eigenvalue weighted by molar-refractivity contribution is 0.0142. The van der Waals surface area contributed by atoms with E-state index in [9.17, 15) is 9.90 Å². The number of rotatable bonds is 5. The van der Waals surface area contributed by atoms with Crippen LogP contribution in [0, 0.1) is 5.92 Å². The molecule has 1 unspecified atom stereocenters. The quantitative estimate of drug-likeness (QED) is 0.878. The number of hydrogen-bond donors (Lipinski definition) is 2. The van der Waals surface area contributed by atoms with E-state index in [1.54, 1.807) is 30.9 Å². The Balaban J connectivity index is 2.03. The van der Waals surface area contributed by atoms with Gasteiger partial charge in [0.2, 0.25) is 0 Å². The van der Waals surface area contributed by atoms with Gasteiger partial charge >= 0.3 is 0 Å². The van der Waals surface area contributed by atoms with Gasteiger partial charge in [0, 0.05) is 24.3 Å². The smallest absolute Gasteiger partial charge is 0.270 e. The van der Waals surface area contributed by atoms with Gasteiger partial charge in [-0.15, -0.1) is 11.3 Å². The SMILES string of the molecule is CC(C)C(C)(O)CNC(=O)c1csc(-c2cnccn2)n1. The third-order valence-electron chi connectivity index (χ3n) is 3.37. The first kappa shape index (κ1) is 15.5. The summed E-state index contributed by atoms with van der Waals surface area (Å²) in [7, 11) is 0. The highest BCUT2D eigenvalue weighted by atomic mass is 32.1. The van der Waals surface area contributed by atoms with Gasteiger partial charge in [-0.2, -0.15) is 0 Å². The Hall–Kier alpha value is -1.86. The van der Waals surface area contributed by atoms with Gasteiger partial charge in [-0.3, -0.25) is 14.8 Å². The maximum absolute atomic E-state index is 12.0. The minimum Gasteiger partial charge on any atom is -0.388 e. The van der Waals surface area contributed by atoms with E-state index in [4.69, 9.17) is 0 Å². The summed E-state index contributed by atoms with van der Waals surface area (Å²) in [6.07, 6.45) is 4.76. The topological polar surface area (TPSA) is 88.0 Å². The Morgan fingerprint density at radius 1 is 1.48 bits per heavy atom. The van der Waals surface area contributed by atoms with Crippen molar-refractivity contribution in [3.8, 4) is 10.7 Å². The van der Waals surface area contributed by atoms with Crippen LogP contribution >= 0.6 is 11.3 Å². The van der Waals surface area contributed by atoms with Gasteiger partial charge in [-0.25, -0.2) is 4.98 Å². The van der Waals surface area contributed by atoms with Crippen molar-refractivity contribution in [2.75, 3.05) is 6.54 Å². The molecule has 0 bridgehead atoms. The number of hydrogen-bond acceptors (Lipinski definition) is 6. The second-order valence-corrected chi connectivity index (χ2v) is 6.18. The molecular weight excluding hydrogens is 288 g/mol. The molecule has 1 amide bonds. The van der Waals surface area contributed by atoms with Crippen molar-refractivity contribution in [1.82, 2.24) is 20.3 Å². The average molecular weight is 306 g/mol. The monoisotopic (exact) mass is 306 g/mol. The first-order valence-electron chi connectivity index (χ1n) is 6.62. The van der Waals surface area contributed by atoms with Gasteiger partial charge in [0.1, 0.15) is 16.4 Å². The molecule has 0 saturated carbocycles. The van der Waals surface area contributed by atoms with Gasteiger partial charge < -0.3 is 10.4 Å². The molecule has 0 aliphatic carbocycles. The standard InChI is InChI=1S/C14H18N4O2S/c1-9(2)14(3,20)8-17-12(19)11-7-21-13(18-11)10-6-15-4-5-16-10/h4-7,9,20H,8H2,1-3H3,(H,17,19). The highest BCUT2D eigenvalue weighted by Crippen LogP contribution is 2.21. The fraction of sp³-hybridized carbons (Fsp3) is 0.429. The molecule has 0 aromatic carbocycles. The lowest BCUT2D eigenvalue weighted by Crippen LogP contribution is -2.44. The van der Waals surface area contributed by atoms with Crippen LogP contribution in [-0.2, 0) is 0 Å². The minimum atomic E-state index is -0.945. The first-order chi connectivity index (χ1) is 9.90. The fourth-order valence-electron chi connectivity index (χ4n) is 1.46. The molecule has 0 saturated heterocycles. The molecule has 0 spiro atoms. The summed E-state index contributed by atoms with van der Waals surface area (Å²) in [5.41, 5.74) is 0.00955. The summed E-state index contributed by atoms with van der Waals surface area (Å²) >= 11 is 1.33. The average Bonchev–Trinajstić information content (AvgIpc) is 2.95. The zero-order valence-corrected chi connectivity index (χ0v) is 13.0. The van der Waals surface area contributed by atoms with Crippen LogP contribution < -0.4 is 5.32 Å². The third-order valence-corrected chi connectivity index (χ3v) is 4.23. The summed E-state index contributed by atoms with van der Waals surface area (Å²) in [6, 6.07) is 0. The predicted molar refractivity (Wildman–Crippen MR) is 80.9 cm³/mol. The van der Waals surface area contributed by atoms with Gasteiger partial charge in [-0.05, 0) is 12.8 Å². The molecule has 2 aromatic rings. The highest BCUT2D eigenvalue weighted by molar-refractivity contribution is 7.13. The van der Waals surface area contributed by atoms with E-state index in [1.165, 1.54) is 11.3 Å². The second kappa shape index (κ2) is 6.28. The number of amides is 1. The summed E-state index contributed by atoms with van der Waals surface area (Å²) in [6.45, 7) is 5.69. The molecule has 2 rings (SSSR count). The zero-order valence-electron chi connectivity index (χ0n) is 12.2. The largest absolute Gasteiger partial charge is 0.388 e. The van der Waals surface area contributed by atoms with Crippen molar-refractivity contribution in [2.45, 2.75) is 26.4 Å². The maximum Gasteiger partial charge on any atom is 0.270 e. The van der Waals surface area contributed by atoms with E-state index in [1.807, 2.05) is 13.8 Å². The van der Waals surface area contributed by atoms with Gasteiger partial charge in [0.05, 0.1) is 11.8 Å². The fourth-order valence-corrected chi connectivity index (χ4v) is 2.22. The molecule has 112 valence electrons. The number of carbonyl (C=O) groups is 1. The van der Waals surface area contributed by atoms with Crippen molar-refractivity contribution >= 4 is 17.2 Å². The summed E-state index contributed by atoms with van der Waals surface area (Å²) in [5, 5.41) is 15.1. The van der Waals surface area contributed by atoms with Crippen LogP contribution in [0.5, 0.6) is 0 Å². The second-order valence-electron chi connectivity index (χ2n) is 5.32. The van der Waals surface area contributed by atoms with Crippen LogP contribution in [0.3, 0.4) is 0 Å². The Bertz CT molecular complexity index is 610. The molecule has 0 aliphatic rings. The van der Waals surface area contributed by atoms with E-state index in [-0.39, 0.29) is 18.4 Å². The molecule has 7 heteroatoms. The number of thiazole rings is 1. The molecule has 2 heterocycles. The van der Waals surface area contributed by atoms with E-state index in [2.05, 4.69) is 20.3 Å². The predicted octanol–water partition coefficient (Wildman–Crippen LogP) is 1.74. The summed E-state index contributed by atoms with van der Waals surface area (Å²) in [4.78, 5) is 24.4. The van der Waals surface area contributed by atoms with Crippen LogP contribution in [0.15, 0.2) is 24.0 Å². The molecule has 2 N–H and O–H groups in total. The van der Waals surface area contributed by atoms with Crippen LogP contribution in [0.2, 0.25) is 0 Å². The Morgan fingerprint density at radius 3 is 2.86 bits per heavy atom. The minimum absolute atomic E-state index is 0.0448. The first-order valence-corrected chi connectivity index (χ1v) is 7.50. The normalized spacial score (nSPS) is 14.0. The van der Waals surface area contributed by atoms with Gasteiger partial charge in [0.15, 0.2) is 0 Å². The van der Waals surface area contributed by atoms with Crippen LogP contribution in [0.25, 0.3) is 10.7 Å². The van der Waals surface area contributed by atoms with Crippen molar-refractivity contribution in [3.05, 3.63) is 29.7 Å². The maximum atomic E-state index is 12.0. The highest BCUT2D eigenvalue weighted by Gasteiger charge is 2.26. The number of aromatic nitrogens is 3. The van der Waals surface area contributed by atoms with Crippen molar-refractivity contribution in [3.63, 3.8) is 0 Å². The number of aliphatic hydroxyl groups is 1. The third kappa shape index (κ3) is 3.83. The van der Waals surface area contributed by atoms with E-state index in [0.29, 0.717) is 16.4 Å². The molecule has 21 heavy (non-hydrogen) atoms. The van der Waals surface area contributed by atoms with Gasteiger partial charge in [-0.1, -0.05) is 13.8 Å². The molecule has 1 atom stereocenters. The van der Waals surface area contributed by atoms with Crippen molar-refractivity contribution in [1.29, 1.82) is 0 Å². The molecule has 6 nitrogen and oxygen atoms in total. The zero-order chi connectivity index (χ0) is 15.5. The molecular formula is C14H18N4O2S. The van der Waals surface area contributed by atoms with E-state index < -0.39 is 5.60 Å². The van der Waals surface area contributed by atoms with E-state index in [0.717, 1.165) is 0 Å². The van der Waals surface area contributed by atoms with Gasteiger partial charge in [0.25, 0.3) is 5.91 Å². The number of nitrogens with one attached hydrogen (secondary N) is 1. The molecule has 0 radical (unpaired) electrons. The Kier molecular flexibility index (Phi) is 4.64. The van der Waals surface area contributed by atoms with Crippen LogP contribution in [0.1, 0.15) is 31.3 Å². The lowest BCUT2D eigenvalue weighted by Gasteiger charge is -2.27. The Morgan fingerprint density at radius 2 is 2.24 bits per heavy atom. The molecule has 2 aromatic heterocycles. The van der Waals surface area contributed by atoms with E-state index >= 15 is 0 Å². The number of carbonyl (C=O) groups excluding carboxylic acids is 1. The molecule has 0 aliphatic heterocycles. The Labute approximate surface area is 127 Å². The van der Waals surface area contributed by atoms with Crippen LogP contribution in [0.4, 0.5) is 0 Å². The molecule has 0 fully saturated rings. The number of nitrogens with zero attached hydrogens (tertiary/aromatic N) is 3. The van der Waals surface area contributed by atoms with Crippen molar-refractivity contribution in [2.24, 2.45) is 5.92 Å². The van der Waals surface area contributed by atoms with Crippen molar-refractivity contribution < 1.29 is 9.90 Å². The summed E-state index contributed by atoms with van der Waals surface area (Å²) in [5.74, 6) is -0.259. The van der Waals surface area contributed by atoms with Crippen LogP contribution in [-0.4, -0.2) is 38.1 Å². The lowest BCUT2D eigenvalue weighted by atomic mass is 9.92. The summed E-state index contributed by atoms with van der Waals surface area (Å²) < 4.78 is 0.